The lowest BCUT2D eigenvalue weighted by Crippen LogP contribution is -2.40. The third kappa shape index (κ3) is 4.12. The van der Waals surface area contributed by atoms with E-state index in [1.165, 1.54) is 5.56 Å². The molecule has 0 bridgehead atoms. The minimum absolute atomic E-state index is 0.117. The largest absolute Gasteiger partial charge is 0.338 e. The molecule has 0 unspecified atom stereocenters. The summed E-state index contributed by atoms with van der Waals surface area (Å²) in [5.74, 6) is 0. The topological polar surface area (TPSA) is 59.0 Å². The molecule has 0 fully saturated rings. The van der Waals surface area contributed by atoms with Crippen molar-refractivity contribution in [3.05, 3.63) is 48.3 Å². The Hall–Kier alpha value is -2.30. The molecule has 0 aliphatic heterocycles. The number of urea groups is 1. The van der Waals surface area contributed by atoms with Gasteiger partial charge in [0.2, 0.25) is 0 Å². The predicted octanol–water partition coefficient (Wildman–Crippen LogP) is 2.12. The zero-order valence-electron chi connectivity index (χ0n) is 11.8. The molecule has 0 aliphatic carbocycles. The van der Waals surface area contributed by atoms with Crippen molar-refractivity contribution in [2.24, 2.45) is 0 Å². The predicted molar refractivity (Wildman–Crippen MR) is 78.9 cm³/mol. The number of nitrogens with one attached hydrogen (secondary N) is 2. The van der Waals surface area contributed by atoms with Gasteiger partial charge in [-0.3, -0.25) is 0 Å². The van der Waals surface area contributed by atoms with Gasteiger partial charge in [-0.1, -0.05) is 12.1 Å². The van der Waals surface area contributed by atoms with E-state index >= 15 is 0 Å². The summed E-state index contributed by atoms with van der Waals surface area (Å²) in [6.07, 6.45) is 4.48. The van der Waals surface area contributed by atoms with Crippen molar-refractivity contribution in [3.63, 3.8) is 0 Å². The van der Waals surface area contributed by atoms with Crippen LogP contribution in [0.4, 0.5) is 4.79 Å². The minimum atomic E-state index is -0.117. The summed E-state index contributed by atoms with van der Waals surface area (Å²) in [6.45, 7) is 4.50. The Morgan fingerprint density at radius 2 is 2.05 bits per heavy atom. The Bertz CT molecular complexity index is 532. The molecule has 2 amide bonds. The third-order valence-corrected chi connectivity index (χ3v) is 2.82. The van der Waals surface area contributed by atoms with Gasteiger partial charge in [0.25, 0.3) is 0 Å². The molecular weight excluding hydrogens is 252 g/mol. The van der Waals surface area contributed by atoms with Crippen molar-refractivity contribution in [2.45, 2.75) is 26.3 Å². The number of nitrogens with zero attached hydrogens (tertiary/aromatic N) is 2. The average molecular weight is 272 g/mol. The number of rotatable bonds is 5. The molecule has 5 heteroatoms. The summed E-state index contributed by atoms with van der Waals surface area (Å²) >= 11 is 0. The number of amides is 2. The standard InChI is InChI=1S/C15H20N4O/c1-12(2)18-15(20)16-10-8-13-4-6-14(7-5-13)19-11-3-9-17-19/h3-7,9,11-12H,8,10H2,1-2H3,(H2,16,18,20). The van der Waals surface area contributed by atoms with Gasteiger partial charge in [0.05, 0.1) is 5.69 Å². The highest BCUT2D eigenvalue weighted by molar-refractivity contribution is 5.74. The first kappa shape index (κ1) is 14.1. The van der Waals surface area contributed by atoms with E-state index < -0.39 is 0 Å². The average Bonchev–Trinajstić information content (AvgIpc) is 2.92. The fourth-order valence-corrected chi connectivity index (χ4v) is 1.87. The molecule has 1 aromatic carbocycles. The summed E-state index contributed by atoms with van der Waals surface area (Å²) < 4.78 is 1.82. The van der Waals surface area contributed by atoms with E-state index in [4.69, 9.17) is 0 Å². The molecule has 20 heavy (non-hydrogen) atoms. The molecule has 0 atom stereocenters. The molecular formula is C15H20N4O. The lowest BCUT2D eigenvalue weighted by molar-refractivity contribution is 0.238. The molecule has 2 aromatic rings. The number of aromatic nitrogens is 2. The van der Waals surface area contributed by atoms with E-state index in [2.05, 4.69) is 27.9 Å². The second kappa shape index (κ2) is 6.75. The van der Waals surface area contributed by atoms with Crippen LogP contribution in [0.3, 0.4) is 0 Å². The Labute approximate surface area is 119 Å². The lowest BCUT2D eigenvalue weighted by Gasteiger charge is -2.10. The monoisotopic (exact) mass is 272 g/mol. The van der Waals surface area contributed by atoms with Gasteiger partial charge >= 0.3 is 6.03 Å². The van der Waals surface area contributed by atoms with Crippen LogP contribution in [0.25, 0.3) is 5.69 Å². The first-order valence-electron chi connectivity index (χ1n) is 6.78. The first-order valence-corrected chi connectivity index (χ1v) is 6.78. The maximum absolute atomic E-state index is 11.4. The van der Waals surface area contributed by atoms with E-state index in [1.807, 2.05) is 42.9 Å². The second-order valence-corrected chi connectivity index (χ2v) is 4.92. The van der Waals surface area contributed by atoms with Crippen LogP contribution in [-0.2, 0) is 6.42 Å². The van der Waals surface area contributed by atoms with E-state index in [9.17, 15) is 4.79 Å². The zero-order chi connectivity index (χ0) is 14.4. The number of carbonyl (C=O) groups excluding carboxylic acids is 1. The SMILES string of the molecule is CC(C)NC(=O)NCCc1ccc(-n2cccn2)cc1. The van der Waals surface area contributed by atoms with Crippen molar-refractivity contribution < 1.29 is 4.79 Å². The zero-order valence-corrected chi connectivity index (χ0v) is 11.8. The number of hydrogen-bond acceptors (Lipinski definition) is 2. The summed E-state index contributed by atoms with van der Waals surface area (Å²) in [7, 11) is 0. The Morgan fingerprint density at radius 1 is 1.30 bits per heavy atom. The fraction of sp³-hybridized carbons (Fsp3) is 0.333. The van der Waals surface area contributed by atoms with Gasteiger partial charge in [-0.2, -0.15) is 5.10 Å². The maximum atomic E-state index is 11.4. The molecule has 1 aromatic heterocycles. The van der Waals surface area contributed by atoms with E-state index in [0.29, 0.717) is 6.54 Å². The van der Waals surface area contributed by atoms with Gasteiger partial charge in [-0.15, -0.1) is 0 Å². The van der Waals surface area contributed by atoms with Crippen LogP contribution in [-0.4, -0.2) is 28.4 Å². The summed E-state index contributed by atoms with van der Waals surface area (Å²) in [5.41, 5.74) is 2.22. The van der Waals surface area contributed by atoms with Gasteiger partial charge < -0.3 is 10.6 Å². The third-order valence-electron chi connectivity index (χ3n) is 2.82. The van der Waals surface area contributed by atoms with Gasteiger partial charge in [0, 0.05) is 25.0 Å². The van der Waals surface area contributed by atoms with Crippen LogP contribution in [0.1, 0.15) is 19.4 Å². The summed E-state index contributed by atoms with van der Waals surface area (Å²) in [4.78, 5) is 11.4. The highest BCUT2D eigenvalue weighted by atomic mass is 16.2. The normalized spacial score (nSPS) is 10.6. The Kier molecular flexibility index (Phi) is 4.76. The Balaban J connectivity index is 1.81. The smallest absolute Gasteiger partial charge is 0.314 e. The van der Waals surface area contributed by atoms with Crippen molar-refractivity contribution in [2.75, 3.05) is 6.54 Å². The quantitative estimate of drug-likeness (QED) is 0.876. The molecule has 0 saturated heterocycles. The van der Waals surface area contributed by atoms with Crippen LogP contribution in [0.5, 0.6) is 0 Å². The van der Waals surface area contributed by atoms with Gasteiger partial charge in [0.1, 0.15) is 0 Å². The second-order valence-electron chi connectivity index (χ2n) is 4.92. The van der Waals surface area contributed by atoms with Crippen molar-refractivity contribution >= 4 is 6.03 Å². The van der Waals surface area contributed by atoms with Gasteiger partial charge in [0.15, 0.2) is 0 Å². The molecule has 0 saturated carbocycles. The fourth-order valence-electron chi connectivity index (χ4n) is 1.87. The van der Waals surface area contributed by atoms with E-state index in [0.717, 1.165) is 12.1 Å². The van der Waals surface area contributed by atoms with Crippen LogP contribution < -0.4 is 10.6 Å². The van der Waals surface area contributed by atoms with Gasteiger partial charge in [-0.05, 0) is 44.0 Å². The minimum Gasteiger partial charge on any atom is -0.338 e. The lowest BCUT2D eigenvalue weighted by atomic mass is 10.1. The number of benzene rings is 1. The highest BCUT2D eigenvalue weighted by Gasteiger charge is 2.02. The van der Waals surface area contributed by atoms with Crippen LogP contribution >= 0.6 is 0 Å². The maximum Gasteiger partial charge on any atom is 0.314 e. The van der Waals surface area contributed by atoms with Crippen molar-refractivity contribution in [3.8, 4) is 5.69 Å². The number of carbonyl (C=O) groups is 1. The molecule has 106 valence electrons. The van der Waals surface area contributed by atoms with Crippen molar-refractivity contribution in [1.82, 2.24) is 20.4 Å². The van der Waals surface area contributed by atoms with Crippen molar-refractivity contribution in [1.29, 1.82) is 0 Å². The molecule has 2 N–H and O–H groups in total. The Morgan fingerprint density at radius 3 is 2.65 bits per heavy atom. The van der Waals surface area contributed by atoms with E-state index in [-0.39, 0.29) is 12.1 Å². The molecule has 1 heterocycles. The van der Waals surface area contributed by atoms with E-state index in [1.54, 1.807) is 6.20 Å². The summed E-state index contributed by atoms with van der Waals surface area (Å²) in [6, 6.07) is 10.1. The van der Waals surface area contributed by atoms with Crippen LogP contribution in [0.2, 0.25) is 0 Å². The molecule has 2 rings (SSSR count). The highest BCUT2D eigenvalue weighted by Crippen LogP contribution is 2.08. The molecule has 0 aliphatic rings. The molecule has 0 spiro atoms. The molecule has 0 radical (unpaired) electrons. The van der Waals surface area contributed by atoms with Crippen LogP contribution in [0.15, 0.2) is 42.7 Å². The number of hydrogen-bond donors (Lipinski definition) is 2. The van der Waals surface area contributed by atoms with Gasteiger partial charge in [-0.25, -0.2) is 9.48 Å². The summed E-state index contributed by atoms with van der Waals surface area (Å²) in [5, 5.41) is 9.81. The molecule has 5 nitrogen and oxygen atoms in total. The first-order chi connectivity index (χ1) is 9.65. The van der Waals surface area contributed by atoms with Crippen LogP contribution in [0, 0.1) is 0 Å².